The van der Waals surface area contributed by atoms with E-state index in [4.69, 9.17) is 0 Å². The van der Waals surface area contributed by atoms with Crippen LogP contribution in [0.25, 0.3) is 72.0 Å². The summed E-state index contributed by atoms with van der Waals surface area (Å²) >= 11 is 0. The molecule has 10 aromatic rings. The van der Waals surface area contributed by atoms with Crippen LogP contribution in [0.1, 0.15) is 49.9 Å². The Labute approximate surface area is 364 Å². The molecule has 2 heteroatoms. The number of para-hydroxylation sites is 1. The van der Waals surface area contributed by atoms with Crippen molar-refractivity contribution in [3.05, 3.63) is 229 Å². The Morgan fingerprint density at radius 1 is 0.306 bits per heavy atom. The Balaban J connectivity index is 0.999. The third kappa shape index (κ3) is 5.43. The van der Waals surface area contributed by atoms with Crippen molar-refractivity contribution in [3.8, 4) is 50.2 Å². The van der Waals surface area contributed by atoms with Crippen molar-refractivity contribution in [2.75, 3.05) is 4.90 Å². The molecule has 296 valence electrons. The average molecular weight is 795 g/mol. The molecule has 0 atom stereocenters. The standard InChI is InChI=1S/C60H46N2/c1-59(2)51-23-15-14-22-47(51)48-37-50-49-34-42(26-31-55(49)61(58(50)38-52(48)59)45-20-12-7-13-21-45)41-24-29-46(30-25-41)62-56-32-27-43(39-16-8-5-9-17-39)35-53(56)60(3,4)54-36-44(28-33-57(54)62)40-18-10-6-11-19-40/h5-38H,1-4H3. The van der Waals surface area contributed by atoms with Gasteiger partial charge in [-0.15, -0.1) is 0 Å². The third-order valence-electron chi connectivity index (χ3n) is 14.0. The lowest BCUT2D eigenvalue weighted by Gasteiger charge is -2.42. The van der Waals surface area contributed by atoms with E-state index in [0.29, 0.717) is 0 Å². The fraction of sp³-hybridized carbons (Fsp3) is 0.100. The zero-order chi connectivity index (χ0) is 41.7. The fourth-order valence-corrected chi connectivity index (χ4v) is 10.7. The van der Waals surface area contributed by atoms with Crippen molar-refractivity contribution in [2.45, 2.75) is 38.5 Å². The Morgan fingerprint density at radius 3 is 1.42 bits per heavy atom. The molecule has 0 radical (unpaired) electrons. The number of hydrogen-bond acceptors (Lipinski definition) is 1. The van der Waals surface area contributed by atoms with Crippen LogP contribution < -0.4 is 4.90 Å². The molecular weight excluding hydrogens is 749 g/mol. The zero-order valence-corrected chi connectivity index (χ0v) is 35.5. The van der Waals surface area contributed by atoms with Crippen molar-refractivity contribution in [1.82, 2.24) is 4.57 Å². The average Bonchev–Trinajstić information content (AvgIpc) is 3.76. The van der Waals surface area contributed by atoms with Gasteiger partial charge in [0, 0.05) is 33.0 Å². The van der Waals surface area contributed by atoms with Gasteiger partial charge in [-0.3, -0.25) is 0 Å². The van der Waals surface area contributed by atoms with Crippen LogP contribution in [-0.2, 0) is 10.8 Å². The van der Waals surface area contributed by atoms with E-state index in [9.17, 15) is 0 Å². The molecule has 0 saturated carbocycles. The van der Waals surface area contributed by atoms with Gasteiger partial charge >= 0.3 is 0 Å². The van der Waals surface area contributed by atoms with Crippen molar-refractivity contribution in [1.29, 1.82) is 0 Å². The topological polar surface area (TPSA) is 8.17 Å². The molecule has 2 heterocycles. The zero-order valence-electron chi connectivity index (χ0n) is 35.5. The van der Waals surface area contributed by atoms with Crippen LogP contribution in [0.2, 0.25) is 0 Å². The maximum absolute atomic E-state index is 2.47. The lowest BCUT2D eigenvalue weighted by Crippen LogP contribution is -2.30. The molecular formula is C60H46N2. The summed E-state index contributed by atoms with van der Waals surface area (Å²) in [5.41, 5.74) is 22.3. The second kappa shape index (κ2) is 13.5. The highest BCUT2D eigenvalue weighted by Crippen LogP contribution is 2.54. The third-order valence-corrected chi connectivity index (χ3v) is 14.0. The molecule has 2 nitrogen and oxygen atoms in total. The molecule has 0 saturated heterocycles. The van der Waals surface area contributed by atoms with Gasteiger partial charge in [0.25, 0.3) is 0 Å². The van der Waals surface area contributed by atoms with E-state index in [0.717, 1.165) is 5.69 Å². The summed E-state index contributed by atoms with van der Waals surface area (Å²) in [6.45, 7) is 9.50. The number of nitrogens with zero attached hydrogens (tertiary/aromatic N) is 2. The number of anilines is 3. The van der Waals surface area contributed by atoms with E-state index >= 15 is 0 Å². The van der Waals surface area contributed by atoms with Gasteiger partial charge in [-0.25, -0.2) is 0 Å². The van der Waals surface area contributed by atoms with E-state index in [1.807, 2.05) is 0 Å². The normalized spacial score (nSPS) is 14.4. The van der Waals surface area contributed by atoms with Gasteiger partial charge in [-0.1, -0.05) is 161 Å². The molecule has 1 aliphatic heterocycles. The molecule has 0 N–H and O–H groups in total. The Kier molecular flexibility index (Phi) is 7.96. The van der Waals surface area contributed by atoms with E-state index < -0.39 is 0 Å². The number of fused-ring (bicyclic) bond motifs is 8. The molecule has 12 rings (SSSR count). The first-order valence-electron chi connectivity index (χ1n) is 21.8. The predicted octanol–water partition coefficient (Wildman–Crippen LogP) is 16.2. The molecule has 9 aromatic carbocycles. The van der Waals surface area contributed by atoms with Gasteiger partial charge in [-0.2, -0.15) is 0 Å². The minimum Gasteiger partial charge on any atom is -0.310 e. The fourth-order valence-electron chi connectivity index (χ4n) is 10.7. The first kappa shape index (κ1) is 36.4. The number of benzene rings is 9. The highest BCUT2D eigenvalue weighted by molar-refractivity contribution is 6.12. The SMILES string of the molecule is CC1(C)c2ccccc2-c2cc3c4cc(-c5ccc(N6c7ccc(-c8ccccc8)cc7C(C)(C)c7cc(-c8ccccc8)ccc76)cc5)ccc4n(-c4ccccc4)c3cc21. The highest BCUT2D eigenvalue weighted by atomic mass is 15.2. The monoisotopic (exact) mass is 794 g/mol. The van der Waals surface area contributed by atoms with E-state index in [2.05, 4.69) is 243 Å². The van der Waals surface area contributed by atoms with Crippen LogP contribution >= 0.6 is 0 Å². The summed E-state index contributed by atoms with van der Waals surface area (Å²) in [6.07, 6.45) is 0. The summed E-state index contributed by atoms with van der Waals surface area (Å²) < 4.78 is 2.45. The summed E-state index contributed by atoms with van der Waals surface area (Å²) in [6, 6.07) is 76.5. The largest absolute Gasteiger partial charge is 0.310 e. The van der Waals surface area contributed by atoms with E-state index in [-0.39, 0.29) is 10.8 Å². The van der Waals surface area contributed by atoms with Crippen LogP contribution in [0.15, 0.2) is 206 Å². The number of rotatable bonds is 5. The molecule has 0 amide bonds. The highest BCUT2D eigenvalue weighted by Gasteiger charge is 2.38. The second-order valence-electron chi connectivity index (χ2n) is 18.2. The van der Waals surface area contributed by atoms with Crippen LogP contribution in [-0.4, -0.2) is 4.57 Å². The second-order valence-corrected chi connectivity index (χ2v) is 18.2. The summed E-state index contributed by atoms with van der Waals surface area (Å²) in [7, 11) is 0. The van der Waals surface area contributed by atoms with Crippen molar-refractivity contribution >= 4 is 38.9 Å². The van der Waals surface area contributed by atoms with Gasteiger partial charge in [0.15, 0.2) is 0 Å². The minimum atomic E-state index is -0.233. The molecule has 62 heavy (non-hydrogen) atoms. The molecule has 0 bridgehead atoms. The van der Waals surface area contributed by atoms with Gasteiger partial charge in [0.1, 0.15) is 0 Å². The van der Waals surface area contributed by atoms with Crippen molar-refractivity contribution in [3.63, 3.8) is 0 Å². The van der Waals surface area contributed by atoms with Gasteiger partial charge in [0.05, 0.1) is 22.4 Å². The molecule has 2 aliphatic rings. The summed E-state index contributed by atoms with van der Waals surface area (Å²) in [4.78, 5) is 2.47. The summed E-state index contributed by atoms with van der Waals surface area (Å²) in [5, 5.41) is 2.54. The van der Waals surface area contributed by atoms with Gasteiger partial charge < -0.3 is 9.47 Å². The molecule has 1 aromatic heterocycles. The Hall–Kier alpha value is -7.42. The van der Waals surface area contributed by atoms with E-state index in [1.165, 1.54) is 106 Å². The first-order chi connectivity index (χ1) is 30.3. The lowest BCUT2D eigenvalue weighted by molar-refractivity contribution is 0.632. The first-order valence-corrected chi connectivity index (χ1v) is 21.8. The van der Waals surface area contributed by atoms with Gasteiger partial charge in [-0.05, 0) is 140 Å². The molecule has 0 spiro atoms. The van der Waals surface area contributed by atoms with Crippen LogP contribution in [0, 0.1) is 0 Å². The predicted molar refractivity (Wildman–Crippen MR) is 261 cm³/mol. The molecule has 1 aliphatic carbocycles. The maximum atomic E-state index is 2.47. The lowest BCUT2D eigenvalue weighted by atomic mass is 9.72. The number of hydrogen-bond donors (Lipinski definition) is 0. The Bertz CT molecular complexity index is 3280. The van der Waals surface area contributed by atoms with Crippen molar-refractivity contribution < 1.29 is 0 Å². The summed E-state index contributed by atoms with van der Waals surface area (Å²) in [5.74, 6) is 0. The maximum Gasteiger partial charge on any atom is 0.0544 e. The Morgan fingerprint density at radius 2 is 0.790 bits per heavy atom. The number of aromatic nitrogens is 1. The van der Waals surface area contributed by atoms with Gasteiger partial charge in [0.2, 0.25) is 0 Å². The van der Waals surface area contributed by atoms with Crippen LogP contribution in [0.4, 0.5) is 17.1 Å². The minimum absolute atomic E-state index is 0.0789. The van der Waals surface area contributed by atoms with Crippen molar-refractivity contribution in [2.24, 2.45) is 0 Å². The van der Waals surface area contributed by atoms with Crippen LogP contribution in [0.3, 0.4) is 0 Å². The molecule has 0 fully saturated rings. The van der Waals surface area contributed by atoms with Crippen LogP contribution in [0.5, 0.6) is 0 Å². The smallest absolute Gasteiger partial charge is 0.0544 e. The molecule has 0 unspecified atom stereocenters. The quantitative estimate of drug-likeness (QED) is 0.168. The van der Waals surface area contributed by atoms with E-state index in [1.54, 1.807) is 0 Å².